The molecule has 0 unspecified atom stereocenters. The Kier molecular flexibility index (Phi) is 3.96. The van der Waals surface area contributed by atoms with E-state index in [0.717, 1.165) is 22.6 Å². The fourth-order valence-corrected chi connectivity index (χ4v) is 3.57. The normalized spacial score (nSPS) is 11.7. The molecule has 0 atom stereocenters. The van der Waals surface area contributed by atoms with Gasteiger partial charge >= 0.3 is 0 Å². The number of aromatic nitrogens is 2. The Bertz CT molecular complexity index is 637. The fraction of sp³-hybridized carbons (Fsp3) is 0.200. The number of sulfonamides is 1. The molecule has 0 aromatic carbocycles. The van der Waals surface area contributed by atoms with Crippen molar-refractivity contribution in [2.45, 2.75) is 17.7 Å². The fourth-order valence-electron chi connectivity index (χ4n) is 1.22. The van der Waals surface area contributed by atoms with Crippen LogP contribution in [0.4, 0.5) is 0 Å². The molecule has 8 heteroatoms. The van der Waals surface area contributed by atoms with Crippen LogP contribution in [0.3, 0.4) is 0 Å². The minimum atomic E-state index is -3.55. The summed E-state index contributed by atoms with van der Waals surface area (Å²) in [5, 5.41) is 0. The molecule has 0 spiro atoms. The van der Waals surface area contributed by atoms with Crippen molar-refractivity contribution in [2.75, 3.05) is 0 Å². The average Bonchev–Trinajstić information content (AvgIpc) is 2.76. The van der Waals surface area contributed by atoms with Gasteiger partial charge in [0, 0.05) is 18.4 Å². The highest BCUT2D eigenvalue weighted by molar-refractivity contribution is 7.91. The van der Waals surface area contributed by atoms with Gasteiger partial charge in [-0.25, -0.2) is 18.1 Å². The molecule has 96 valence electrons. The van der Waals surface area contributed by atoms with Gasteiger partial charge in [-0.05, 0) is 18.6 Å². The Morgan fingerprint density at radius 3 is 2.67 bits per heavy atom. The van der Waals surface area contributed by atoms with Gasteiger partial charge in [-0.3, -0.25) is 4.98 Å². The van der Waals surface area contributed by atoms with Crippen LogP contribution in [0.1, 0.15) is 11.3 Å². The van der Waals surface area contributed by atoms with Crippen molar-refractivity contribution in [2.24, 2.45) is 0 Å². The van der Waals surface area contributed by atoms with Gasteiger partial charge in [0.25, 0.3) is 10.0 Å². The zero-order valence-electron chi connectivity index (χ0n) is 9.42. The smallest absolute Gasteiger partial charge is 0.252 e. The number of rotatable bonds is 4. The molecule has 0 saturated heterocycles. The van der Waals surface area contributed by atoms with Crippen molar-refractivity contribution in [1.82, 2.24) is 14.7 Å². The number of thiazole rings is 1. The molecule has 0 bridgehead atoms. The number of halogens is 1. The van der Waals surface area contributed by atoms with E-state index in [9.17, 15) is 8.42 Å². The predicted octanol–water partition coefficient (Wildman–Crippen LogP) is 1.98. The van der Waals surface area contributed by atoms with E-state index in [0.29, 0.717) is 0 Å². The Balaban J connectivity index is 2.08. The van der Waals surface area contributed by atoms with Gasteiger partial charge in [0.2, 0.25) is 0 Å². The van der Waals surface area contributed by atoms with Crippen molar-refractivity contribution in [3.63, 3.8) is 0 Å². The molecule has 18 heavy (non-hydrogen) atoms. The van der Waals surface area contributed by atoms with Crippen LogP contribution in [0.15, 0.2) is 28.7 Å². The first-order valence-corrected chi connectivity index (χ1v) is 7.68. The quantitative estimate of drug-likeness (QED) is 0.937. The monoisotopic (exact) mass is 303 g/mol. The zero-order chi connectivity index (χ0) is 13.2. The predicted molar refractivity (Wildman–Crippen MR) is 70.1 cm³/mol. The Labute approximate surface area is 114 Å². The van der Waals surface area contributed by atoms with Crippen LogP contribution >= 0.6 is 22.9 Å². The van der Waals surface area contributed by atoms with Crippen LogP contribution in [-0.2, 0) is 16.6 Å². The standard InChI is InChI=1S/C10H10ClN3O2S2/c1-7-2-3-8(4-12-7)5-14-18(15,16)9-6-13-10(11)17-9/h2-4,6,14H,5H2,1H3. The SMILES string of the molecule is Cc1ccc(CNS(=O)(=O)c2cnc(Cl)s2)cn1. The highest BCUT2D eigenvalue weighted by Gasteiger charge is 2.17. The first kappa shape index (κ1) is 13.4. The number of nitrogens with zero attached hydrogens (tertiary/aromatic N) is 2. The molecule has 1 N–H and O–H groups in total. The lowest BCUT2D eigenvalue weighted by atomic mass is 10.2. The van der Waals surface area contributed by atoms with Gasteiger partial charge in [0.05, 0.1) is 6.20 Å². The summed E-state index contributed by atoms with van der Waals surface area (Å²) in [5.74, 6) is 0. The molecule has 2 aromatic heterocycles. The van der Waals surface area contributed by atoms with Crippen molar-refractivity contribution in [3.8, 4) is 0 Å². The average molecular weight is 304 g/mol. The maximum Gasteiger partial charge on any atom is 0.252 e. The van der Waals surface area contributed by atoms with Crippen molar-refractivity contribution in [3.05, 3.63) is 40.3 Å². The van der Waals surface area contributed by atoms with E-state index in [1.807, 2.05) is 19.1 Å². The van der Waals surface area contributed by atoms with Gasteiger partial charge in [0.1, 0.15) is 0 Å². The van der Waals surface area contributed by atoms with Gasteiger partial charge in [-0.1, -0.05) is 29.0 Å². The molecule has 0 aliphatic heterocycles. The van der Waals surface area contributed by atoms with Gasteiger partial charge in [-0.15, -0.1) is 0 Å². The van der Waals surface area contributed by atoms with Gasteiger partial charge in [-0.2, -0.15) is 0 Å². The van der Waals surface area contributed by atoms with Crippen LogP contribution in [-0.4, -0.2) is 18.4 Å². The van der Waals surface area contributed by atoms with E-state index in [-0.39, 0.29) is 15.2 Å². The first-order chi connectivity index (χ1) is 8.47. The molecule has 5 nitrogen and oxygen atoms in total. The highest BCUT2D eigenvalue weighted by Crippen LogP contribution is 2.22. The van der Waals surface area contributed by atoms with Crippen LogP contribution in [0.25, 0.3) is 0 Å². The number of hydrogen-bond acceptors (Lipinski definition) is 5. The second-order valence-electron chi connectivity index (χ2n) is 3.56. The topological polar surface area (TPSA) is 72.0 Å². The number of nitrogens with one attached hydrogen (secondary N) is 1. The van der Waals surface area contributed by atoms with E-state index < -0.39 is 10.0 Å². The molecule has 0 aliphatic rings. The van der Waals surface area contributed by atoms with Crippen LogP contribution in [0.5, 0.6) is 0 Å². The molecule has 2 aromatic rings. The van der Waals surface area contributed by atoms with E-state index in [2.05, 4.69) is 14.7 Å². The summed E-state index contributed by atoms with van der Waals surface area (Å²) in [6.45, 7) is 2.05. The number of hydrogen-bond donors (Lipinski definition) is 1. The van der Waals surface area contributed by atoms with E-state index in [1.54, 1.807) is 6.20 Å². The van der Waals surface area contributed by atoms with Crippen LogP contribution in [0.2, 0.25) is 4.47 Å². The second-order valence-corrected chi connectivity index (χ2v) is 7.17. The summed E-state index contributed by atoms with van der Waals surface area (Å²) in [6, 6.07) is 3.65. The molecule has 0 aliphatic carbocycles. The van der Waals surface area contributed by atoms with E-state index in [4.69, 9.17) is 11.6 Å². The first-order valence-electron chi connectivity index (χ1n) is 5.00. The lowest BCUT2D eigenvalue weighted by Crippen LogP contribution is -2.22. The van der Waals surface area contributed by atoms with E-state index >= 15 is 0 Å². The zero-order valence-corrected chi connectivity index (χ0v) is 11.8. The molecule has 2 rings (SSSR count). The molecule has 0 saturated carbocycles. The largest absolute Gasteiger partial charge is 0.261 e. The number of pyridine rings is 1. The Morgan fingerprint density at radius 2 is 2.11 bits per heavy atom. The third-order valence-corrected chi connectivity index (χ3v) is 5.14. The van der Waals surface area contributed by atoms with Crippen molar-refractivity contribution < 1.29 is 8.42 Å². The second kappa shape index (κ2) is 5.31. The summed E-state index contributed by atoms with van der Waals surface area (Å²) in [7, 11) is -3.55. The molecular weight excluding hydrogens is 294 g/mol. The Morgan fingerprint density at radius 1 is 1.33 bits per heavy atom. The molecular formula is C10H10ClN3O2S2. The summed E-state index contributed by atoms with van der Waals surface area (Å²) in [5.41, 5.74) is 1.68. The Hall–Kier alpha value is -1.02. The molecule has 0 radical (unpaired) electrons. The van der Waals surface area contributed by atoms with Gasteiger partial charge in [0.15, 0.2) is 8.68 Å². The minimum Gasteiger partial charge on any atom is -0.261 e. The van der Waals surface area contributed by atoms with E-state index in [1.165, 1.54) is 6.20 Å². The third-order valence-electron chi connectivity index (χ3n) is 2.16. The summed E-state index contributed by atoms with van der Waals surface area (Å²) in [4.78, 5) is 7.79. The molecule has 0 amide bonds. The lowest BCUT2D eigenvalue weighted by molar-refractivity contribution is 0.583. The van der Waals surface area contributed by atoms with Crippen molar-refractivity contribution >= 4 is 33.0 Å². The number of aryl methyl sites for hydroxylation is 1. The lowest BCUT2D eigenvalue weighted by Gasteiger charge is -2.04. The maximum absolute atomic E-state index is 11.9. The maximum atomic E-state index is 11.9. The molecule has 0 fully saturated rings. The highest BCUT2D eigenvalue weighted by atomic mass is 35.5. The van der Waals surface area contributed by atoms with Gasteiger partial charge < -0.3 is 0 Å². The minimum absolute atomic E-state index is 0.104. The molecule has 2 heterocycles. The van der Waals surface area contributed by atoms with Crippen LogP contribution in [0, 0.1) is 6.92 Å². The summed E-state index contributed by atoms with van der Waals surface area (Å²) in [6.07, 6.45) is 2.88. The summed E-state index contributed by atoms with van der Waals surface area (Å²) < 4.78 is 26.5. The third kappa shape index (κ3) is 3.26. The van der Waals surface area contributed by atoms with Crippen LogP contribution < -0.4 is 4.72 Å². The van der Waals surface area contributed by atoms with Crippen molar-refractivity contribution in [1.29, 1.82) is 0 Å². The summed E-state index contributed by atoms with van der Waals surface area (Å²) >= 11 is 6.53.